The minimum Gasteiger partial charge on any atom is -0.343 e. The molecule has 2 aromatic rings. The first kappa shape index (κ1) is 11.4. The number of halogens is 1. The Kier molecular flexibility index (Phi) is 2.65. The maximum atomic E-state index is 13.3. The number of fused-ring (bicyclic) bond motifs is 1. The van der Waals surface area contributed by atoms with Crippen LogP contribution in [0.2, 0.25) is 0 Å². The summed E-state index contributed by atoms with van der Waals surface area (Å²) in [5.41, 5.74) is 8.74. The van der Waals surface area contributed by atoms with E-state index in [4.69, 9.17) is 5.73 Å². The molecule has 1 aromatic heterocycles. The number of rotatable bonds is 1. The van der Waals surface area contributed by atoms with Crippen LogP contribution in [0.4, 0.5) is 9.39 Å². The van der Waals surface area contributed by atoms with E-state index >= 15 is 0 Å². The largest absolute Gasteiger partial charge is 0.343 e. The second kappa shape index (κ2) is 4.19. The molecule has 3 rings (SSSR count). The second-order valence-electron chi connectivity index (χ2n) is 4.18. The third-order valence-corrected chi connectivity index (χ3v) is 4.21. The molecule has 0 radical (unpaired) electrons. The van der Waals surface area contributed by atoms with Crippen LogP contribution in [-0.4, -0.2) is 12.5 Å². The van der Waals surface area contributed by atoms with E-state index < -0.39 is 6.29 Å². The molecule has 1 unspecified atom stereocenters. The lowest BCUT2D eigenvalue weighted by Gasteiger charge is -2.14. The number of nitrogens with two attached hydrogens (primary N) is 1. The molecule has 1 aliphatic rings. The van der Waals surface area contributed by atoms with E-state index in [1.165, 1.54) is 6.07 Å². The number of anilines is 1. The van der Waals surface area contributed by atoms with Gasteiger partial charge < -0.3 is 5.32 Å². The van der Waals surface area contributed by atoms with Crippen molar-refractivity contribution in [1.82, 2.24) is 0 Å². The minimum absolute atomic E-state index is 0.225. The van der Waals surface area contributed by atoms with Crippen molar-refractivity contribution in [3.63, 3.8) is 0 Å². The van der Waals surface area contributed by atoms with Gasteiger partial charge in [0, 0.05) is 16.7 Å². The van der Waals surface area contributed by atoms with E-state index in [0.29, 0.717) is 0 Å². The Bertz CT molecular complexity index is 633. The number of hydrogen-bond acceptors (Lipinski definition) is 4. The van der Waals surface area contributed by atoms with Gasteiger partial charge in [0.05, 0.1) is 0 Å². The summed E-state index contributed by atoms with van der Waals surface area (Å²) < 4.78 is 13.3. The maximum Gasteiger partial charge on any atom is 0.171 e. The molecule has 0 saturated heterocycles. The van der Waals surface area contributed by atoms with Crippen molar-refractivity contribution in [2.45, 2.75) is 13.2 Å². The van der Waals surface area contributed by atoms with Crippen LogP contribution in [0, 0.1) is 12.7 Å². The van der Waals surface area contributed by atoms with Crippen LogP contribution in [0.3, 0.4) is 0 Å². The van der Waals surface area contributed by atoms with Crippen molar-refractivity contribution in [2.24, 2.45) is 10.7 Å². The topological polar surface area (TPSA) is 50.4 Å². The lowest BCUT2D eigenvalue weighted by Crippen LogP contribution is -2.29. The summed E-state index contributed by atoms with van der Waals surface area (Å²) in [5.74, 6) is -0.225. The van der Waals surface area contributed by atoms with Crippen LogP contribution in [0.1, 0.15) is 11.1 Å². The van der Waals surface area contributed by atoms with Gasteiger partial charge in [0.15, 0.2) is 6.29 Å². The van der Waals surface area contributed by atoms with Crippen LogP contribution >= 0.6 is 11.3 Å². The fraction of sp³-hybridized carbons (Fsp3) is 0.154. The number of aliphatic imine (C=N–C) groups is 1. The fourth-order valence-corrected chi connectivity index (χ4v) is 3.23. The van der Waals surface area contributed by atoms with Crippen LogP contribution < -0.4 is 11.1 Å². The van der Waals surface area contributed by atoms with Crippen LogP contribution in [0.15, 0.2) is 29.3 Å². The van der Waals surface area contributed by atoms with Gasteiger partial charge in [-0.3, -0.25) is 10.7 Å². The van der Waals surface area contributed by atoms with Crippen LogP contribution in [0.5, 0.6) is 0 Å². The SMILES string of the molecule is Cc1c(-c2cccc(F)c2)sc2c1C=NC(N)N2. The Balaban J connectivity index is 2.12. The zero-order chi connectivity index (χ0) is 12.7. The lowest BCUT2D eigenvalue weighted by atomic mass is 10.1. The third-order valence-electron chi connectivity index (χ3n) is 2.92. The molecule has 1 aromatic carbocycles. The Labute approximate surface area is 108 Å². The van der Waals surface area contributed by atoms with E-state index in [1.807, 2.05) is 13.0 Å². The molecular formula is C13H12FN3S. The molecule has 2 heterocycles. The highest BCUT2D eigenvalue weighted by Gasteiger charge is 2.19. The smallest absolute Gasteiger partial charge is 0.171 e. The average molecular weight is 261 g/mol. The predicted octanol–water partition coefficient (Wildman–Crippen LogP) is 2.95. The zero-order valence-electron chi connectivity index (χ0n) is 9.77. The predicted molar refractivity (Wildman–Crippen MR) is 73.6 cm³/mol. The Morgan fingerprint density at radius 1 is 1.44 bits per heavy atom. The van der Waals surface area contributed by atoms with Gasteiger partial charge in [-0.25, -0.2) is 4.39 Å². The van der Waals surface area contributed by atoms with E-state index in [-0.39, 0.29) is 5.82 Å². The first-order chi connectivity index (χ1) is 8.65. The molecule has 0 aliphatic carbocycles. The highest BCUT2D eigenvalue weighted by atomic mass is 32.1. The monoisotopic (exact) mass is 261 g/mol. The van der Waals surface area contributed by atoms with Crippen molar-refractivity contribution in [3.8, 4) is 10.4 Å². The summed E-state index contributed by atoms with van der Waals surface area (Å²) in [6.45, 7) is 2.01. The van der Waals surface area contributed by atoms with Gasteiger partial charge >= 0.3 is 0 Å². The summed E-state index contributed by atoms with van der Waals surface area (Å²) in [4.78, 5) is 5.18. The first-order valence-electron chi connectivity index (χ1n) is 5.60. The molecule has 18 heavy (non-hydrogen) atoms. The van der Waals surface area contributed by atoms with Crippen molar-refractivity contribution in [2.75, 3.05) is 5.32 Å². The van der Waals surface area contributed by atoms with Crippen molar-refractivity contribution < 1.29 is 4.39 Å². The molecule has 0 saturated carbocycles. The normalized spacial score (nSPS) is 17.4. The molecule has 3 N–H and O–H groups in total. The summed E-state index contributed by atoms with van der Waals surface area (Å²) in [7, 11) is 0. The van der Waals surface area contributed by atoms with Gasteiger partial charge in [-0.15, -0.1) is 11.3 Å². The highest BCUT2D eigenvalue weighted by molar-refractivity contribution is 7.20. The molecule has 1 atom stereocenters. The molecule has 92 valence electrons. The quantitative estimate of drug-likeness (QED) is 0.829. The molecule has 5 heteroatoms. The molecule has 0 spiro atoms. The number of hydrogen-bond donors (Lipinski definition) is 2. The summed E-state index contributed by atoms with van der Waals surface area (Å²) in [6, 6.07) is 6.61. The van der Waals surface area contributed by atoms with E-state index in [2.05, 4.69) is 10.3 Å². The summed E-state index contributed by atoms with van der Waals surface area (Å²) in [6.07, 6.45) is 1.39. The number of thiophene rings is 1. The minimum atomic E-state index is -0.393. The third kappa shape index (κ3) is 1.81. The molecule has 3 nitrogen and oxygen atoms in total. The first-order valence-corrected chi connectivity index (χ1v) is 6.41. The van der Waals surface area contributed by atoms with E-state index in [0.717, 1.165) is 26.6 Å². The van der Waals surface area contributed by atoms with Gasteiger partial charge in [-0.1, -0.05) is 12.1 Å². The van der Waals surface area contributed by atoms with Crippen LogP contribution in [-0.2, 0) is 0 Å². The Hall–Kier alpha value is -1.72. The Morgan fingerprint density at radius 2 is 2.28 bits per heavy atom. The second-order valence-corrected chi connectivity index (χ2v) is 5.20. The van der Waals surface area contributed by atoms with E-state index in [9.17, 15) is 4.39 Å². The molecule has 0 fully saturated rings. The maximum absolute atomic E-state index is 13.3. The van der Waals surface area contributed by atoms with Crippen molar-refractivity contribution in [1.29, 1.82) is 0 Å². The van der Waals surface area contributed by atoms with Gasteiger partial charge in [0.25, 0.3) is 0 Å². The molecular weight excluding hydrogens is 249 g/mol. The fourth-order valence-electron chi connectivity index (χ4n) is 2.02. The average Bonchev–Trinajstić information content (AvgIpc) is 2.66. The highest BCUT2D eigenvalue weighted by Crippen LogP contribution is 2.40. The zero-order valence-corrected chi connectivity index (χ0v) is 10.6. The summed E-state index contributed by atoms with van der Waals surface area (Å²) in [5, 5.41) is 4.10. The van der Waals surface area contributed by atoms with Gasteiger partial charge in [-0.05, 0) is 30.2 Å². The number of benzene rings is 1. The number of nitrogens with zero attached hydrogens (tertiary/aromatic N) is 1. The van der Waals surface area contributed by atoms with Gasteiger partial charge in [0.1, 0.15) is 10.8 Å². The van der Waals surface area contributed by atoms with Crippen molar-refractivity contribution in [3.05, 3.63) is 41.2 Å². The van der Waals surface area contributed by atoms with Crippen molar-refractivity contribution >= 4 is 22.6 Å². The van der Waals surface area contributed by atoms with Crippen LogP contribution in [0.25, 0.3) is 10.4 Å². The van der Waals surface area contributed by atoms with Gasteiger partial charge in [0.2, 0.25) is 0 Å². The number of nitrogens with one attached hydrogen (secondary N) is 1. The summed E-state index contributed by atoms with van der Waals surface area (Å²) >= 11 is 1.58. The van der Waals surface area contributed by atoms with E-state index in [1.54, 1.807) is 29.7 Å². The Morgan fingerprint density at radius 3 is 3.06 bits per heavy atom. The van der Waals surface area contributed by atoms with Gasteiger partial charge in [-0.2, -0.15) is 0 Å². The molecule has 0 amide bonds. The molecule has 1 aliphatic heterocycles. The lowest BCUT2D eigenvalue weighted by molar-refractivity contribution is 0.628. The molecule has 0 bridgehead atoms. The standard InChI is InChI=1S/C13H12FN3S/c1-7-10-6-16-13(15)17-12(10)18-11(7)8-3-2-4-9(14)5-8/h2-6,13,17H,15H2,1H3.